The molecule has 7 nitrogen and oxygen atoms in total. The lowest BCUT2D eigenvalue weighted by molar-refractivity contribution is -0.302. The summed E-state index contributed by atoms with van der Waals surface area (Å²) in [6.07, 6.45) is -18.2. The van der Waals surface area contributed by atoms with Gasteiger partial charge in [-0.2, -0.15) is 39.5 Å². The number of carbonyl (C=O) groups excluding carboxylic acids is 2. The molecule has 0 aromatic heterocycles. The highest BCUT2D eigenvalue weighted by Crippen LogP contribution is 2.47. The first kappa shape index (κ1) is 31.5. The summed E-state index contributed by atoms with van der Waals surface area (Å²) in [5.74, 6) is -4.33. The molecular weight excluding hydrogens is 555 g/mol. The van der Waals surface area contributed by atoms with Gasteiger partial charge in [0.05, 0.1) is 19.3 Å². The molecule has 0 fully saturated rings. The molecule has 2 rings (SSSR count). The van der Waals surface area contributed by atoms with E-state index in [9.17, 15) is 54.2 Å². The zero-order valence-electron chi connectivity index (χ0n) is 20.3. The first-order valence-corrected chi connectivity index (χ1v) is 10.7. The van der Waals surface area contributed by atoms with Gasteiger partial charge in [0.1, 0.15) is 5.75 Å². The molecule has 1 atom stereocenters. The second-order valence-electron chi connectivity index (χ2n) is 7.89. The van der Waals surface area contributed by atoms with Gasteiger partial charge in [-0.15, -0.1) is 0 Å². The van der Waals surface area contributed by atoms with Crippen LogP contribution in [0.5, 0.6) is 5.75 Å². The van der Waals surface area contributed by atoms with Gasteiger partial charge in [-0.1, -0.05) is 24.3 Å². The SMILES string of the molecule is CCOc1ccccc1C(=O)NC(N(C)c1ccc([C@](O)(C(=O)OC)C(F)(F)F)cc1)(C(F)(F)F)C(F)(F)F. The maximum Gasteiger partial charge on any atom is 0.439 e. The van der Waals surface area contributed by atoms with Crippen LogP contribution in [-0.4, -0.2) is 61.9 Å². The Kier molecular flexibility index (Phi) is 8.75. The van der Waals surface area contributed by atoms with Crippen molar-refractivity contribution in [3.05, 3.63) is 59.7 Å². The number of carbonyl (C=O) groups is 2. The van der Waals surface area contributed by atoms with Gasteiger partial charge >= 0.3 is 30.2 Å². The normalized spacial score (nSPS) is 14.3. The largest absolute Gasteiger partial charge is 0.493 e. The molecule has 0 spiro atoms. The highest BCUT2D eigenvalue weighted by atomic mass is 19.4. The number of amides is 1. The van der Waals surface area contributed by atoms with Gasteiger partial charge in [0.15, 0.2) is 0 Å². The number of alkyl halides is 9. The number of nitrogens with one attached hydrogen (secondary N) is 1. The summed E-state index contributed by atoms with van der Waals surface area (Å²) in [5.41, 5.74) is -12.3. The Morgan fingerprint density at radius 3 is 1.82 bits per heavy atom. The Balaban J connectivity index is 2.67. The predicted molar refractivity (Wildman–Crippen MR) is 117 cm³/mol. The lowest BCUT2D eigenvalue weighted by Gasteiger charge is -2.45. The molecule has 1 amide bonds. The predicted octanol–water partition coefficient (Wildman–Crippen LogP) is 4.70. The molecule has 16 heteroatoms. The topological polar surface area (TPSA) is 88.1 Å². The minimum Gasteiger partial charge on any atom is -0.493 e. The zero-order valence-corrected chi connectivity index (χ0v) is 20.3. The lowest BCUT2D eigenvalue weighted by atomic mass is 9.92. The van der Waals surface area contributed by atoms with Crippen molar-refractivity contribution in [2.24, 2.45) is 0 Å². The molecule has 0 saturated heterocycles. The van der Waals surface area contributed by atoms with Crippen molar-refractivity contribution in [3.8, 4) is 5.75 Å². The number of para-hydroxylation sites is 1. The summed E-state index contributed by atoms with van der Waals surface area (Å²) in [7, 11) is 0.815. The third-order valence-electron chi connectivity index (χ3n) is 5.61. The van der Waals surface area contributed by atoms with E-state index < -0.39 is 63.4 Å². The van der Waals surface area contributed by atoms with Gasteiger partial charge < -0.3 is 24.8 Å². The molecule has 0 bridgehead atoms. The minimum absolute atomic E-state index is 0.0733. The average molecular weight is 576 g/mol. The van der Waals surface area contributed by atoms with Gasteiger partial charge in [0.2, 0.25) is 0 Å². The number of aliphatic hydroxyl groups is 1. The van der Waals surface area contributed by atoms with Crippen molar-refractivity contribution < 1.29 is 63.7 Å². The number of hydrogen-bond acceptors (Lipinski definition) is 6. The van der Waals surface area contributed by atoms with Crippen molar-refractivity contribution in [1.29, 1.82) is 0 Å². The van der Waals surface area contributed by atoms with Crippen LogP contribution < -0.4 is 15.0 Å². The van der Waals surface area contributed by atoms with Crippen molar-refractivity contribution in [1.82, 2.24) is 5.32 Å². The van der Waals surface area contributed by atoms with E-state index in [1.807, 2.05) is 0 Å². The highest BCUT2D eigenvalue weighted by molar-refractivity contribution is 5.97. The fourth-order valence-electron chi connectivity index (χ4n) is 3.60. The molecule has 216 valence electrons. The second-order valence-corrected chi connectivity index (χ2v) is 7.89. The fourth-order valence-corrected chi connectivity index (χ4v) is 3.60. The van der Waals surface area contributed by atoms with Gasteiger partial charge in [-0.25, -0.2) is 4.79 Å². The molecule has 2 aromatic carbocycles. The molecule has 0 saturated carbocycles. The molecular formula is C23H21F9N2O5. The number of hydrogen-bond donors (Lipinski definition) is 2. The van der Waals surface area contributed by atoms with E-state index >= 15 is 0 Å². The van der Waals surface area contributed by atoms with Gasteiger partial charge in [0, 0.05) is 18.3 Å². The monoisotopic (exact) mass is 576 g/mol. The third kappa shape index (κ3) is 5.55. The molecule has 0 unspecified atom stereocenters. The average Bonchev–Trinajstić information content (AvgIpc) is 2.84. The van der Waals surface area contributed by atoms with E-state index in [1.165, 1.54) is 19.1 Å². The molecule has 0 heterocycles. The number of nitrogens with zero attached hydrogens (tertiary/aromatic N) is 1. The van der Waals surface area contributed by atoms with Crippen molar-refractivity contribution in [2.45, 2.75) is 36.7 Å². The van der Waals surface area contributed by atoms with Crippen LogP contribution in [0.3, 0.4) is 0 Å². The Hall–Kier alpha value is -3.69. The van der Waals surface area contributed by atoms with Crippen LogP contribution in [0.15, 0.2) is 48.5 Å². The summed E-state index contributed by atoms with van der Waals surface area (Å²) in [6, 6.07) is 5.88. The molecule has 2 N–H and O–H groups in total. The molecule has 0 aliphatic carbocycles. The number of methoxy groups -OCH3 is 1. The Bertz CT molecular complexity index is 1170. The van der Waals surface area contributed by atoms with E-state index in [0.717, 1.165) is 17.4 Å². The maximum absolute atomic E-state index is 14.3. The fraction of sp³-hybridized carbons (Fsp3) is 0.391. The highest BCUT2D eigenvalue weighted by Gasteiger charge is 2.75. The summed E-state index contributed by atoms with van der Waals surface area (Å²) >= 11 is 0. The van der Waals surface area contributed by atoms with E-state index in [1.54, 1.807) is 0 Å². The van der Waals surface area contributed by atoms with Crippen molar-refractivity contribution in [3.63, 3.8) is 0 Å². The standard InChI is InChI=1S/C23H21F9N2O5/c1-4-39-16-8-6-5-7-15(16)17(35)33-20(22(27,28)29,23(30,31)32)34(2)14-11-9-13(10-12-14)19(37,18(36)38-3)21(24,25)26/h5-12,37H,4H2,1-3H3,(H,33,35)/t19-/m0/s1. The van der Waals surface area contributed by atoms with Gasteiger partial charge in [0.25, 0.3) is 11.5 Å². The van der Waals surface area contributed by atoms with E-state index in [-0.39, 0.29) is 12.4 Å². The van der Waals surface area contributed by atoms with Crippen LogP contribution in [0.2, 0.25) is 0 Å². The Labute approximate surface area is 215 Å². The van der Waals surface area contributed by atoms with E-state index in [4.69, 9.17) is 4.74 Å². The molecule has 2 aromatic rings. The molecule has 0 aliphatic heterocycles. The third-order valence-corrected chi connectivity index (χ3v) is 5.61. The first-order valence-electron chi connectivity index (χ1n) is 10.7. The first-order chi connectivity index (χ1) is 17.8. The van der Waals surface area contributed by atoms with Crippen LogP contribution in [-0.2, 0) is 15.1 Å². The zero-order chi connectivity index (χ0) is 30.0. The molecule has 0 radical (unpaired) electrons. The number of benzene rings is 2. The summed E-state index contributed by atoms with van der Waals surface area (Å²) < 4.78 is 135. The van der Waals surface area contributed by atoms with E-state index in [2.05, 4.69) is 4.74 Å². The summed E-state index contributed by atoms with van der Waals surface area (Å²) in [4.78, 5) is 24.0. The number of ether oxygens (including phenoxy) is 2. The van der Waals surface area contributed by atoms with Gasteiger partial charge in [-0.05, 0) is 31.2 Å². The van der Waals surface area contributed by atoms with Gasteiger partial charge in [-0.3, -0.25) is 4.79 Å². The number of rotatable bonds is 8. The van der Waals surface area contributed by atoms with Crippen LogP contribution in [0.4, 0.5) is 45.2 Å². The van der Waals surface area contributed by atoms with Crippen LogP contribution in [0.1, 0.15) is 22.8 Å². The van der Waals surface area contributed by atoms with Crippen LogP contribution >= 0.6 is 0 Å². The number of halogens is 9. The Morgan fingerprint density at radius 2 is 1.38 bits per heavy atom. The lowest BCUT2D eigenvalue weighted by Crippen LogP contribution is -2.75. The van der Waals surface area contributed by atoms with Crippen LogP contribution in [0.25, 0.3) is 0 Å². The van der Waals surface area contributed by atoms with Crippen molar-refractivity contribution in [2.75, 3.05) is 25.7 Å². The smallest absolute Gasteiger partial charge is 0.439 e. The Morgan fingerprint density at radius 1 is 0.872 bits per heavy atom. The molecule has 0 aliphatic rings. The second kappa shape index (κ2) is 10.8. The summed E-state index contributed by atoms with van der Waals surface area (Å²) in [5, 5.41) is 11.0. The summed E-state index contributed by atoms with van der Waals surface area (Å²) in [6.45, 7) is 1.39. The number of anilines is 1. The minimum atomic E-state index is -6.24. The number of esters is 1. The maximum atomic E-state index is 14.3. The quantitative estimate of drug-likeness (QED) is 0.269. The van der Waals surface area contributed by atoms with Crippen LogP contribution in [0, 0.1) is 0 Å². The van der Waals surface area contributed by atoms with E-state index in [0.29, 0.717) is 38.4 Å². The van der Waals surface area contributed by atoms with Crippen molar-refractivity contribution >= 4 is 17.6 Å². The molecule has 39 heavy (non-hydrogen) atoms.